The topological polar surface area (TPSA) is 96.3 Å². The lowest BCUT2D eigenvalue weighted by Crippen LogP contribution is -2.41. The molecule has 1 N–H and O–H groups in total. The summed E-state index contributed by atoms with van der Waals surface area (Å²) in [6.07, 6.45) is 2.94. The van der Waals surface area contributed by atoms with E-state index in [1.54, 1.807) is 12.1 Å². The van der Waals surface area contributed by atoms with E-state index in [4.69, 9.17) is 27.9 Å². The fourth-order valence-corrected chi connectivity index (χ4v) is 4.25. The van der Waals surface area contributed by atoms with Crippen LogP contribution in [0.1, 0.15) is 52.4 Å². The summed E-state index contributed by atoms with van der Waals surface area (Å²) < 4.78 is 5.48. The van der Waals surface area contributed by atoms with Crippen molar-refractivity contribution in [2.24, 2.45) is 17.8 Å². The van der Waals surface area contributed by atoms with Gasteiger partial charge in [-0.15, -0.1) is 0 Å². The molecule has 1 fully saturated rings. The number of amides is 1. The Bertz CT molecular complexity index is 850. The van der Waals surface area contributed by atoms with E-state index in [0.29, 0.717) is 35.1 Å². The normalized spacial score (nSPS) is 17.8. The van der Waals surface area contributed by atoms with Crippen LogP contribution in [0.25, 0.3) is 0 Å². The van der Waals surface area contributed by atoms with Gasteiger partial charge in [-0.05, 0) is 49.8 Å². The fourth-order valence-electron chi connectivity index (χ4n) is 3.79. The largest absolute Gasteiger partial charge is 0.484 e. The van der Waals surface area contributed by atoms with E-state index in [1.807, 2.05) is 13.8 Å². The van der Waals surface area contributed by atoms with Gasteiger partial charge in [0.05, 0.1) is 11.1 Å². The number of nitrogens with zero attached hydrogens (tertiary/aromatic N) is 1. The molecule has 1 aromatic carbocycles. The lowest BCUT2D eigenvalue weighted by atomic mass is 9.91. The van der Waals surface area contributed by atoms with Crippen molar-refractivity contribution in [2.45, 2.75) is 58.4 Å². The van der Waals surface area contributed by atoms with Crippen LogP contribution >= 0.6 is 23.2 Å². The van der Waals surface area contributed by atoms with Crippen molar-refractivity contribution in [3.05, 3.63) is 28.2 Å². The zero-order valence-electron chi connectivity index (χ0n) is 17.8. The van der Waals surface area contributed by atoms with Crippen LogP contribution in [-0.4, -0.2) is 30.1 Å². The van der Waals surface area contributed by atoms with Gasteiger partial charge in [0.1, 0.15) is 24.2 Å². The Kier molecular flexibility index (Phi) is 9.80. The molecule has 3 atom stereocenters. The van der Waals surface area contributed by atoms with Crippen molar-refractivity contribution in [3.8, 4) is 11.8 Å². The standard InChI is InChI=1S/C23H28Cl2N2O4/c1-14(2)8-16(10-19(28)13-31-22-7-6-17(24)11-20(22)25)23(30)27-18(12-26)9-15-4-3-5-21(15)29/h6-7,11,14-16,18H,3-5,8-10,13H2,1-2H3,(H,27,30)/t15-,16+,18-/m0/s1. The quantitative estimate of drug-likeness (QED) is 0.506. The molecule has 1 saturated carbocycles. The zero-order chi connectivity index (χ0) is 23.0. The van der Waals surface area contributed by atoms with Gasteiger partial charge >= 0.3 is 0 Å². The molecule has 31 heavy (non-hydrogen) atoms. The summed E-state index contributed by atoms with van der Waals surface area (Å²) in [4.78, 5) is 37.2. The first kappa shape index (κ1) is 25.2. The minimum atomic E-state index is -0.742. The zero-order valence-corrected chi connectivity index (χ0v) is 19.3. The van der Waals surface area contributed by atoms with E-state index in [9.17, 15) is 19.6 Å². The summed E-state index contributed by atoms with van der Waals surface area (Å²) in [5.41, 5.74) is 0. The second kappa shape index (κ2) is 12.1. The molecule has 0 bridgehead atoms. The molecule has 0 spiro atoms. The summed E-state index contributed by atoms with van der Waals surface area (Å²) in [6, 6.07) is 6.05. The molecule has 0 unspecified atom stereocenters. The van der Waals surface area contributed by atoms with Crippen LogP contribution in [0.2, 0.25) is 10.0 Å². The predicted molar refractivity (Wildman–Crippen MR) is 119 cm³/mol. The van der Waals surface area contributed by atoms with E-state index >= 15 is 0 Å². The van der Waals surface area contributed by atoms with E-state index in [0.717, 1.165) is 12.8 Å². The average molecular weight is 467 g/mol. The van der Waals surface area contributed by atoms with Gasteiger partial charge in [0.25, 0.3) is 0 Å². The molecule has 1 aliphatic carbocycles. The average Bonchev–Trinajstić information content (AvgIpc) is 3.10. The summed E-state index contributed by atoms with van der Waals surface area (Å²) in [7, 11) is 0. The maximum Gasteiger partial charge on any atom is 0.224 e. The molecule has 0 aromatic heterocycles. The highest BCUT2D eigenvalue weighted by atomic mass is 35.5. The molecule has 168 valence electrons. The number of ketones is 2. The van der Waals surface area contributed by atoms with Gasteiger partial charge in [-0.2, -0.15) is 5.26 Å². The molecule has 2 rings (SSSR count). The van der Waals surface area contributed by atoms with Gasteiger partial charge in [0, 0.05) is 29.7 Å². The number of nitrogens with one attached hydrogen (secondary N) is 1. The lowest BCUT2D eigenvalue weighted by Gasteiger charge is -2.21. The van der Waals surface area contributed by atoms with Crippen LogP contribution in [0.3, 0.4) is 0 Å². The fraction of sp³-hybridized carbons (Fsp3) is 0.565. The van der Waals surface area contributed by atoms with Crippen LogP contribution in [0.15, 0.2) is 18.2 Å². The maximum atomic E-state index is 12.8. The molecule has 1 aliphatic rings. The van der Waals surface area contributed by atoms with Crippen molar-refractivity contribution < 1.29 is 19.1 Å². The number of hydrogen-bond acceptors (Lipinski definition) is 5. The summed E-state index contributed by atoms with van der Waals surface area (Å²) in [5, 5.41) is 12.9. The van der Waals surface area contributed by atoms with E-state index in [1.165, 1.54) is 6.07 Å². The van der Waals surface area contributed by atoms with Gasteiger partial charge in [-0.1, -0.05) is 37.0 Å². The van der Waals surface area contributed by atoms with Crippen molar-refractivity contribution in [1.82, 2.24) is 5.32 Å². The van der Waals surface area contributed by atoms with Crippen LogP contribution in [0.4, 0.5) is 0 Å². The van der Waals surface area contributed by atoms with E-state index in [-0.39, 0.29) is 42.3 Å². The van der Waals surface area contributed by atoms with Crippen molar-refractivity contribution >= 4 is 40.7 Å². The number of carbonyl (C=O) groups excluding carboxylic acids is 3. The number of halogens is 2. The minimum Gasteiger partial charge on any atom is -0.484 e. The Balaban J connectivity index is 1.94. The third-order valence-electron chi connectivity index (χ3n) is 5.31. The van der Waals surface area contributed by atoms with Gasteiger partial charge in [-0.3, -0.25) is 14.4 Å². The molecule has 8 heteroatoms. The number of rotatable bonds is 11. The van der Waals surface area contributed by atoms with E-state index < -0.39 is 12.0 Å². The summed E-state index contributed by atoms with van der Waals surface area (Å²) in [6.45, 7) is 3.71. The van der Waals surface area contributed by atoms with Gasteiger partial charge in [0.15, 0.2) is 5.78 Å². The number of benzene rings is 1. The number of carbonyl (C=O) groups is 3. The van der Waals surface area contributed by atoms with Gasteiger partial charge in [0.2, 0.25) is 5.91 Å². The molecular formula is C23H28Cl2N2O4. The molecule has 0 heterocycles. The molecule has 6 nitrogen and oxygen atoms in total. The Morgan fingerprint density at radius 3 is 2.65 bits per heavy atom. The Morgan fingerprint density at radius 1 is 1.32 bits per heavy atom. The smallest absolute Gasteiger partial charge is 0.224 e. The van der Waals surface area contributed by atoms with Gasteiger partial charge < -0.3 is 10.1 Å². The molecule has 0 saturated heterocycles. The van der Waals surface area contributed by atoms with E-state index in [2.05, 4.69) is 11.4 Å². The Morgan fingerprint density at radius 2 is 2.06 bits per heavy atom. The molecule has 1 aromatic rings. The lowest BCUT2D eigenvalue weighted by molar-refractivity contribution is -0.131. The van der Waals surface area contributed by atoms with Crippen molar-refractivity contribution in [3.63, 3.8) is 0 Å². The van der Waals surface area contributed by atoms with Crippen LogP contribution in [0, 0.1) is 29.1 Å². The first-order valence-corrected chi connectivity index (χ1v) is 11.3. The number of ether oxygens (including phenoxy) is 1. The van der Waals surface area contributed by atoms with Gasteiger partial charge in [-0.25, -0.2) is 0 Å². The maximum absolute atomic E-state index is 12.8. The SMILES string of the molecule is CC(C)C[C@H](CC(=O)COc1ccc(Cl)cc1Cl)C(=O)N[C@H](C#N)C[C@@H]1CCCC1=O. The predicted octanol–water partition coefficient (Wildman–Crippen LogP) is 4.76. The Hall–Kier alpha value is -2.10. The number of Topliss-reactive ketones (excluding diaryl/α,β-unsaturated/α-hetero) is 2. The molecule has 1 amide bonds. The van der Waals surface area contributed by atoms with Crippen molar-refractivity contribution in [2.75, 3.05) is 6.61 Å². The van der Waals surface area contributed by atoms with Crippen molar-refractivity contribution in [1.29, 1.82) is 5.26 Å². The summed E-state index contributed by atoms with van der Waals surface area (Å²) in [5.74, 6) is -0.655. The highest BCUT2D eigenvalue weighted by molar-refractivity contribution is 6.35. The van der Waals surface area contributed by atoms with Crippen LogP contribution < -0.4 is 10.1 Å². The number of hydrogen-bond donors (Lipinski definition) is 1. The Labute approximate surface area is 193 Å². The third kappa shape index (κ3) is 8.16. The molecule has 0 radical (unpaired) electrons. The summed E-state index contributed by atoms with van der Waals surface area (Å²) >= 11 is 11.9. The first-order valence-electron chi connectivity index (χ1n) is 10.5. The third-order valence-corrected chi connectivity index (χ3v) is 5.84. The highest BCUT2D eigenvalue weighted by Crippen LogP contribution is 2.28. The highest BCUT2D eigenvalue weighted by Gasteiger charge is 2.30. The second-order valence-corrected chi connectivity index (χ2v) is 9.26. The first-order chi connectivity index (χ1) is 14.7. The molecule has 0 aliphatic heterocycles. The second-order valence-electron chi connectivity index (χ2n) is 8.41. The monoisotopic (exact) mass is 466 g/mol. The minimum absolute atomic E-state index is 0.00424. The molecular weight excluding hydrogens is 439 g/mol. The van der Waals surface area contributed by atoms with Crippen LogP contribution in [0.5, 0.6) is 5.75 Å². The van der Waals surface area contributed by atoms with Crippen LogP contribution in [-0.2, 0) is 14.4 Å². The number of nitriles is 1.